The lowest BCUT2D eigenvalue weighted by Gasteiger charge is -2.06. The zero-order valence-corrected chi connectivity index (χ0v) is 13.2. The van der Waals surface area contributed by atoms with Crippen molar-refractivity contribution in [2.24, 2.45) is 0 Å². The molecule has 0 amide bonds. The fourth-order valence-corrected chi connectivity index (χ4v) is 3.30. The van der Waals surface area contributed by atoms with E-state index in [1.54, 1.807) is 0 Å². The van der Waals surface area contributed by atoms with Gasteiger partial charge in [0.05, 0.1) is 23.0 Å². The second-order valence-corrected chi connectivity index (χ2v) is 7.44. The van der Waals surface area contributed by atoms with Gasteiger partial charge in [-0.05, 0) is 39.3 Å². The molecule has 0 spiro atoms. The number of rotatable bonds is 10. The summed E-state index contributed by atoms with van der Waals surface area (Å²) in [4.78, 5) is 4.23. The summed E-state index contributed by atoms with van der Waals surface area (Å²) in [5.74, 6) is 0.184. The zero-order chi connectivity index (χ0) is 14.1. The lowest BCUT2D eigenvalue weighted by Crippen LogP contribution is -2.26. The SMILES string of the molecule is CCCNCCCCS(=O)(=O)NCc1csc(C)n1. The van der Waals surface area contributed by atoms with E-state index < -0.39 is 10.0 Å². The largest absolute Gasteiger partial charge is 0.317 e. The first-order valence-electron chi connectivity index (χ1n) is 6.62. The highest BCUT2D eigenvalue weighted by Gasteiger charge is 2.10. The number of aromatic nitrogens is 1. The third-order valence-corrected chi connectivity index (χ3v) is 4.82. The Hall–Kier alpha value is -0.500. The van der Waals surface area contributed by atoms with Crippen LogP contribution in [0.5, 0.6) is 0 Å². The zero-order valence-electron chi connectivity index (χ0n) is 11.6. The Morgan fingerprint density at radius 3 is 2.74 bits per heavy atom. The van der Waals surface area contributed by atoms with Crippen LogP contribution < -0.4 is 10.0 Å². The number of thiazole rings is 1. The predicted octanol–water partition coefficient (Wildman–Crippen LogP) is 1.65. The van der Waals surface area contributed by atoms with Crippen LogP contribution in [0.1, 0.15) is 36.9 Å². The first kappa shape index (κ1) is 16.6. The molecule has 110 valence electrons. The van der Waals surface area contributed by atoms with Crippen LogP contribution in [-0.2, 0) is 16.6 Å². The third-order valence-electron chi connectivity index (χ3n) is 2.58. The van der Waals surface area contributed by atoms with E-state index in [0.29, 0.717) is 13.0 Å². The van der Waals surface area contributed by atoms with Crippen molar-refractivity contribution in [3.05, 3.63) is 16.1 Å². The Morgan fingerprint density at radius 2 is 2.11 bits per heavy atom. The number of unbranched alkanes of at least 4 members (excludes halogenated alkanes) is 1. The molecule has 0 aliphatic rings. The summed E-state index contributed by atoms with van der Waals surface area (Å²) in [7, 11) is -3.18. The monoisotopic (exact) mass is 305 g/mol. The molecule has 0 unspecified atom stereocenters. The molecule has 0 bridgehead atoms. The minimum atomic E-state index is -3.18. The van der Waals surface area contributed by atoms with Crippen LogP contribution in [0, 0.1) is 6.92 Å². The van der Waals surface area contributed by atoms with Crippen molar-refractivity contribution in [2.45, 2.75) is 39.7 Å². The molecule has 1 aromatic rings. The van der Waals surface area contributed by atoms with Gasteiger partial charge in [-0.3, -0.25) is 0 Å². The van der Waals surface area contributed by atoms with Crippen molar-refractivity contribution < 1.29 is 8.42 Å². The fraction of sp³-hybridized carbons (Fsp3) is 0.750. The lowest BCUT2D eigenvalue weighted by molar-refractivity contribution is 0.572. The quantitative estimate of drug-likeness (QED) is 0.645. The highest BCUT2D eigenvalue weighted by Crippen LogP contribution is 2.07. The van der Waals surface area contributed by atoms with E-state index in [-0.39, 0.29) is 5.75 Å². The minimum absolute atomic E-state index is 0.184. The van der Waals surface area contributed by atoms with E-state index in [0.717, 1.165) is 36.6 Å². The predicted molar refractivity (Wildman–Crippen MR) is 79.9 cm³/mol. The van der Waals surface area contributed by atoms with Gasteiger partial charge in [0.1, 0.15) is 0 Å². The molecule has 0 aromatic carbocycles. The minimum Gasteiger partial charge on any atom is -0.317 e. The van der Waals surface area contributed by atoms with Crippen molar-refractivity contribution in [3.8, 4) is 0 Å². The molecule has 0 fully saturated rings. The van der Waals surface area contributed by atoms with E-state index in [1.807, 2.05) is 12.3 Å². The van der Waals surface area contributed by atoms with Crippen LogP contribution in [-0.4, -0.2) is 32.2 Å². The van der Waals surface area contributed by atoms with Crippen LogP contribution in [0.4, 0.5) is 0 Å². The molecule has 5 nitrogen and oxygen atoms in total. The van der Waals surface area contributed by atoms with E-state index in [1.165, 1.54) is 11.3 Å². The van der Waals surface area contributed by atoms with Crippen molar-refractivity contribution >= 4 is 21.4 Å². The maximum atomic E-state index is 11.7. The summed E-state index contributed by atoms with van der Waals surface area (Å²) in [5, 5.41) is 6.09. The molecular weight excluding hydrogens is 282 g/mol. The number of nitrogens with one attached hydrogen (secondary N) is 2. The summed E-state index contributed by atoms with van der Waals surface area (Å²) in [6.45, 7) is 6.19. The van der Waals surface area contributed by atoms with Gasteiger partial charge in [0.2, 0.25) is 10.0 Å². The topological polar surface area (TPSA) is 71.1 Å². The Bertz CT molecular complexity index is 457. The number of nitrogens with zero attached hydrogens (tertiary/aromatic N) is 1. The average Bonchev–Trinajstić information content (AvgIpc) is 2.77. The van der Waals surface area contributed by atoms with Gasteiger partial charge >= 0.3 is 0 Å². The molecule has 2 N–H and O–H groups in total. The summed E-state index contributed by atoms with van der Waals surface area (Å²) in [5.41, 5.74) is 0.788. The molecule has 1 rings (SSSR count). The van der Waals surface area contributed by atoms with Crippen LogP contribution in [0.3, 0.4) is 0 Å². The van der Waals surface area contributed by atoms with Crippen molar-refractivity contribution in [1.82, 2.24) is 15.0 Å². The van der Waals surface area contributed by atoms with Crippen LogP contribution in [0.2, 0.25) is 0 Å². The van der Waals surface area contributed by atoms with Gasteiger partial charge in [-0.2, -0.15) is 0 Å². The van der Waals surface area contributed by atoms with E-state index in [2.05, 4.69) is 21.9 Å². The molecule has 19 heavy (non-hydrogen) atoms. The van der Waals surface area contributed by atoms with Crippen molar-refractivity contribution in [1.29, 1.82) is 0 Å². The first-order valence-corrected chi connectivity index (χ1v) is 9.16. The van der Waals surface area contributed by atoms with Crippen LogP contribution in [0.25, 0.3) is 0 Å². The van der Waals surface area contributed by atoms with Crippen LogP contribution in [0.15, 0.2) is 5.38 Å². The van der Waals surface area contributed by atoms with Crippen LogP contribution >= 0.6 is 11.3 Å². The molecule has 0 aliphatic carbocycles. The molecule has 0 saturated carbocycles. The van der Waals surface area contributed by atoms with Gasteiger partial charge in [-0.15, -0.1) is 11.3 Å². The standard InChI is InChI=1S/C12H23N3O2S2/c1-3-6-13-7-4-5-8-19(16,17)14-9-12-10-18-11(2)15-12/h10,13-14H,3-9H2,1-2H3. The Balaban J connectivity index is 2.17. The summed E-state index contributed by atoms with van der Waals surface area (Å²) < 4.78 is 26.1. The highest BCUT2D eigenvalue weighted by atomic mass is 32.2. The third kappa shape index (κ3) is 7.61. The Kier molecular flexibility index (Phi) is 7.52. The summed E-state index contributed by atoms with van der Waals surface area (Å²) in [6, 6.07) is 0. The van der Waals surface area contributed by atoms with Crippen molar-refractivity contribution in [2.75, 3.05) is 18.8 Å². The Labute approximate surface area is 119 Å². The average molecular weight is 305 g/mol. The smallest absolute Gasteiger partial charge is 0.211 e. The van der Waals surface area contributed by atoms with Gasteiger partial charge in [-0.1, -0.05) is 6.92 Å². The molecule has 7 heteroatoms. The first-order chi connectivity index (χ1) is 9.03. The van der Waals surface area contributed by atoms with Gasteiger partial charge in [0, 0.05) is 5.38 Å². The second-order valence-electron chi connectivity index (χ2n) is 4.45. The molecule has 0 aliphatic heterocycles. The van der Waals surface area contributed by atoms with E-state index in [4.69, 9.17) is 0 Å². The normalized spacial score (nSPS) is 11.9. The fourth-order valence-electron chi connectivity index (χ4n) is 1.59. The second kappa shape index (κ2) is 8.63. The van der Waals surface area contributed by atoms with Gasteiger partial charge in [0.25, 0.3) is 0 Å². The van der Waals surface area contributed by atoms with Gasteiger partial charge in [0.15, 0.2) is 0 Å². The molecule has 0 atom stereocenters. The summed E-state index contributed by atoms with van der Waals surface area (Å²) in [6.07, 6.45) is 2.67. The van der Waals surface area contributed by atoms with E-state index in [9.17, 15) is 8.42 Å². The molecular formula is C12H23N3O2S2. The lowest BCUT2D eigenvalue weighted by atomic mass is 10.3. The number of aryl methyl sites for hydroxylation is 1. The van der Waals surface area contributed by atoms with E-state index >= 15 is 0 Å². The molecule has 0 saturated heterocycles. The molecule has 1 heterocycles. The molecule has 0 radical (unpaired) electrons. The number of hydrogen-bond acceptors (Lipinski definition) is 5. The molecule has 1 aromatic heterocycles. The Morgan fingerprint density at radius 1 is 1.32 bits per heavy atom. The number of sulfonamides is 1. The maximum Gasteiger partial charge on any atom is 0.211 e. The van der Waals surface area contributed by atoms with Gasteiger partial charge in [-0.25, -0.2) is 18.1 Å². The highest BCUT2D eigenvalue weighted by molar-refractivity contribution is 7.89. The van der Waals surface area contributed by atoms with Crippen molar-refractivity contribution in [3.63, 3.8) is 0 Å². The number of hydrogen-bond donors (Lipinski definition) is 2. The summed E-state index contributed by atoms with van der Waals surface area (Å²) >= 11 is 1.53. The van der Waals surface area contributed by atoms with Gasteiger partial charge < -0.3 is 5.32 Å². The maximum absolute atomic E-state index is 11.7.